The number of nitrogens with two attached hydrogens (primary N) is 1. The highest BCUT2D eigenvalue weighted by Gasteiger charge is 2.16. The van der Waals surface area contributed by atoms with Crippen LogP contribution in [-0.2, 0) is 0 Å². The third-order valence-electron chi connectivity index (χ3n) is 1.76. The fraction of sp³-hybridized carbons (Fsp3) is 0.143. The molecule has 0 bridgehead atoms. The summed E-state index contributed by atoms with van der Waals surface area (Å²) in [5.41, 5.74) is 6.01. The Labute approximate surface area is 83.9 Å². The van der Waals surface area contributed by atoms with Crippen molar-refractivity contribution in [1.82, 2.24) is 25.7 Å². The summed E-state index contributed by atoms with van der Waals surface area (Å²) >= 11 is 0. The molecule has 1 amide bonds. The Morgan fingerprint density at radius 3 is 3.07 bits per heavy atom. The minimum Gasteiger partial charge on any atom is -0.383 e. The van der Waals surface area contributed by atoms with Gasteiger partial charge in [-0.15, -0.1) is 0 Å². The van der Waals surface area contributed by atoms with E-state index in [-0.39, 0.29) is 11.7 Å². The summed E-state index contributed by atoms with van der Waals surface area (Å²) in [6.45, 7) is 0. The predicted molar refractivity (Wildman–Crippen MR) is 49.7 cm³/mol. The van der Waals surface area contributed by atoms with Crippen molar-refractivity contribution in [3.05, 3.63) is 12.0 Å². The minimum absolute atomic E-state index is 0.0481. The van der Waals surface area contributed by atoms with Crippen LogP contribution in [0.2, 0.25) is 0 Å². The number of carbonyl (C=O) groups is 1. The van der Waals surface area contributed by atoms with Crippen molar-refractivity contribution in [2.24, 2.45) is 0 Å². The van der Waals surface area contributed by atoms with Crippen LogP contribution >= 0.6 is 0 Å². The van der Waals surface area contributed by atoms with Crippen LogP contribution in [0.5, 0.6) is 0 Å². The second-order valence-corrected chi connectivity index (χ2v) is 2.70. The van der Waals surface area contributed by atoms with Crippen LogP contribution < -0.4 is 11.1 Å². The van der Waals surface area contributed by atoms with Gasteiger partial charge in [0, 0.05) is 7.05 Å². The third kappa shape index (κ3) is 1.52. The first-order valence-corrected chi connectivity index (χ1v) is 4.07. The smallest absolute Gasteiger partial charge is 0.292 e. The van der Waals surface area contributed by atoms with E-state index in [1.165, 1.54) is 13.2 Å². The second-order valence-electron chi connectivity index (χ2n) is 2.70. The highest BCUT2D eigenvalue weighted by molar-refractivity contribution is 5.90. The van der Waals surface area contributed by atoms with E-state index in [0.717, 1.165) is 0 Å². The first kappa shape index (κ1) is 9.19. The van der Waals surface area contributed by atoms with Gasteiger partial charge in [-0.2, -0.15) is 10.1 Å². The van der Waals surface area contributed by atoms with Gasteiger partial charge in [-0.25, -0.2) is 0 Å². The van der Waals surface area contributed by atoms with Crippen molar-refractivity contribution in [2.45, 2.75) is 0 Å². The number of hydrogen-bond donors (Lipinski definition) is 3. The number of nitrogen functional groups attached to an aromatic ring is 1. The lowest BCUT2D eigenvalue weighted by molar-refractivity contribution is 0.0950. The van der Waals surface area contributed by atoms with E-state index >= 15 is 0 Å². The summed E-state index contributed by atoms with van der Waals surface area (Å²) in [7, 11) is 1.48. The van der Waals surface area contributed by atoms with Crippen LogP contribution in [0.3, 0.4) is 0 Å². The maximum atomic E-state index is 11.1. The molecule has 0 saturated heterocycles. The van der Waals surface area contributed by atoms with Crippen LogP contribution in [0, 0.1) is 0 Å². The lowest BCUT2D eigenvalue weighted by atomic mass is 10.3. The molecule has 8 heteroatoms. The van der Waals surface area contributed by atoms with Crippen LogP contribution in [0.1, 0.15) is 10.6 Å². The largest absolute Gasteiger partial charge is 0.383 e. The number of H-pyrrole nitrogens is 1. The summed E-state index contributed by atoms with van der Waals surface area (Å²) < 4.78 is 4.85. The molecule has 2 aromatic rings. The topological polar surface area (TPSA) is 123 Å². The lowest BCUT2D eigenvalue weighted by Crippen LogP contribution is -2.19. The van der Waals surface area contributed by atoms with E-state index in [4.69, 9.17) is 10.3 Å². The molecule has 0 spiro atoms. The number of aromatic amines is 1. The molecule has 78 valence electrons. The lowest BCUT2D eigenvalue weighted by Gasteiger charge is -1.89. The Morgan fingerprint density at radius 2 is 2.47 bits per heavy atom. The molecule has 0 fully saturated rings. The van der Waals surface area contributed by atoms with Gasteiger partial charge in [-0.3, -0.25) is 9.89 Å². The Kier molecular flexibility index (Phi) is 2.08. The van der Waals surface area contributed by atoms with E-state index in [0.29, 0.717) is 11.4 Å². The van der Waals surface area contributed by atoms with Crippen LogP contribution in [-0.4, -0.2) is 33.3 Å². The van der Waals surface area contributed by atoms with Gasteiger partial charge in [0.2, 0.25) is 0 Å². The van der Waals surface area contributed by atoms with E-state index in [1.807, 2.05) is 0 Å². The van der Waals surface area contributed by atoms with Crippen LogP contribution in [0.25, 0.3) is 11.5 Å². The Balaban J connectivity index is 2.36. The zero-order valence-corrected chi connectivity index (χ0v) is 7.81. The maximum absolute atomic E-state index is 11.1. The summed E-state index contributed by atoms with van der Waals surface area (Å²) in [4.78, 5) is 15.0. The number of nitrogens with zero attached hydrogens (tertiary/aromatic N) is 3. The molecule has 8 nitrogen and oxygen atoms in total. The molecule has 4 N–H and O–H groups in total. The van der Waals surface area contributed by atoms with E-state index in [1.54, 1.807) is 0 Å². The Hall–Kier alpha value is -2.38. The highest BCUT2D eigenvalue weighted by Crippen LogP contribution is 2.20. The van der Waals surface area contributed by atoms with Gasteiger partial charge in [0.15, 0.2) is 0 Å². The molecule has 0 radical (unpaired) electrons. The summed E-state index contributed by atoms with van der Waals surface area (Å²) in [5.74, 6) is -0.0119. The first-order chi connectivity index (χ1) is 7.22. The molecule has 2 rings (SSSR count). The van der Waals surface area contributed by atoms with Gasteiger partial charge in [-0.1, -0.05) is 5.16 Å². The predicted octanol–water partition coefficient (Wildman–Crippen LogP) is -0.599. The molecule has 0 aromatic carbocycles. The minimum atomic E-state index is -0.424. The van der Waals surface area contributed by atoms with Crippen molar-refractivity contribution in [2.75, 3.05) is 12.8 Å². The number of amides is 1. The number of carbonyl (C=O) groups excluding carboxylic acids is 1. The SMILES string of the molecule is CNC(=O)c1noc(-c2cn[nH]c2N)n1. The van der Waals surface area contributed by atoms with E-state index in [9.17, 15) is 4.79 Å². The van der Waals surface area contributed by atoms with Crippen molar-refractivity contribution < 1.29 is 9.32 Å². The molecular weight excluding hydrogens is 200 g/mol. The zero-order valence-electron chi connectivity index (χ0n) is 7.81. The first-order valence-electron chi connectivity index (χ1n) is 4.07. The van der Waals surface area contributed by atoms with Crippen molar-refractivity contribution >= 4 is 11.7 Å². The van der Waals surface area contributed by atoms with Gasteiger partial charge in [0.25, 0.3) is 17.6 Å². The second kappa shape index (κ2) is 3.40. The molecule has 0 saturated carbocycles. The van der Waals surface area contributed by atoms with Crippen molar-refractivity contribution in [3.63, 3.8) is 0 Å². The van der Waals surface area contributed by atoms with Crippen LogP contribution in [0.4, 0.5) is 5.82 Å². The van der Waals surface area contributed by atoms with Crippen LogP contribution in [0.15, 0.2) is 10.7 Å². The highest BCUT2D eigenvalue weighted by atomic mass is 16.5. The average molecular weight is 208 g/mol. The standard InChI is InChI=1S/C7H8N6O2/c1-9-6(14)5-11-7(15-13-5)3-2-10-12-4(3)8/h2H,1H3,(H,9,14)(H3,8,10,12). The summed E-state index contributed by atoms with van der Waals surface area (Å²) in [5, 5.41) is 12.1. The fourth-order valence-corrected chi connectivity index (χ4v) is 1.00. The molecule has 2 aromatic heterocycles. The number of anilines is 1. The van der Waals surface area contributed by atoms with Crippen molar-refractivity contribution in [1.29, 1.82) is 0 Å². The normalized spacial score (nSPS) is 10.2. The average Bonchev–Trinajstić information content (AvgIpc) is 2.84. The molecule has 0 unspecified atom stereocenters. The molecule has 2 heterocycles. The molecule has 0 aliphatic heterocycles. The molecule has 15 heavy (non-hydrogen) atoms. The molecule has 0 aliphatic rings. The van der Waals surface area contributed by atoms with Crippen molar-refractivity contribution in [3.8, 4) is 11.5 Å². The maximum Gasteiger partial charge on any atom is 0.292 e. The van der Waals surface area contributed by atoms with E-state index < -0.39 is 5.91 Å². The fourth-order valence-electron chi connectivity index (χ4n) is 1.00. The third-order valence-corrected chi connectivity index (χ3v) is 1.76. The van der Waals surface area contributed by atoms with Gasteiger partial charge >= 0.3 is 0 Å². The number of aromatic nitrogens is 4. The monoisotopic (exact) mass is 208 g/mol. The number of hydrogen-bond acceptors (Lipinski definition) is 6. The molecule has 0 atom stereocenters. The Bertz CT molecular complexity index is 487. The summed E-state index contributed by atoms with van der Waals surface area (Å²) in [6, 6.07) is 0. The number of rotatable bonds is 2. The summed E-state index contributed by atoms with van der Waals surface area (Å²) in [6.07, 6.45) is 1.44. The Morgan fingerprint density at radius 1 is 1.67 bits per heavy atom. The zero-order chi connectivity index (χ0) is 10.8. The van der Waals surface area contributed by atoms with Gasteiger partial charge in [0.1, 0.15) is 11.4 Å². The van der Waals surface area contributed by atoms with Gasteiger partial charge in [-0.05, 0) is 0 Å². The molecular formula is C7H8N6O2. The van der Waals surface area contributed by atoms with Gasteiger partial charge in [0.05, 0.1) is 6.20 Å². The van der Waals surface area contributed by atoms with E-state index in [2.05, 4.69) is 25.7 Å². The van der Waals surface area contributed by atoms with Gasteiger partial charge < -0.3 is 15.6 Å². The number of nitrogens with one attached hydrogen (secondary N) is 2. The molecule has 0 aliphatic carbocycles. The quantitative estimate of drug-likeness (QED) is 0.605.